The summed E-state index contributed by atoms with van der Waals surface area (Å²) in [5, 5.41) is 0. The van der Waals surface area contributed by atoms with Gasteiger partial charge in [-0.2, -0.15) is 0 Å². The minimum absolute atomic E-state index is 0.0323. The molecule has 0 saturated heterocycles. The van der Waals surface area contributed by atoms with E-state index in [-0.39, 0.29) is 16.4 Å². The summed E-state index contributed by atoms with van der Waals surface area (Å²) in [5.41, 5.74) is 18.7. The van der Waals surface area contributed by atoms with E-state index in [0.29, 0.717) is 0 Å². The molecule has 0 aromatic heterocycles. The molecule has 0 bridgehead atoms. The van der Waals surface area contributed by atoms with Crippen molar-refractivity contribution in [3.8, 4) is 0 Å². The Balaban J connectivity index is 2.07. The smallest absolute Gasteiger partial charge is 0.0607 e. The molecule has 0 amide bonds. The van der Waals surface area contributed by atoms with Crippen molar-refractivity contribution < 1.29 is 0 Å². The number of rotatable bonds is 0. The molecular formula is C27H35N. The molecule has 2 aromatic rings. The molecule has 1 nitrogen and oxygen atoms in total. The maximum absolute atomic E-state index is 2.81. The third-order valence-electron chi connectivity index (χ3n) is 9.88. The number of hydrogen-bond acceptors (Lipinski definition) is 1. The van der Waals surface area contributed by atoms with Crippen molar-refractivity contribution in [3.05, 3.63) is 55.6 Å². The average molecular weight is 374 g/mol. The van der Waals surface area contributed by atoms with Gasteiger partial charge in [0.25, 0.3) is 0 Å². The minimum atomic E-state index is 0.0323. The standard InChI is InChI=1S/C27H35N/c1-13-15(3)19-12-20-16(4)14(2)18(6)22-24(20)28-23(19)21(17(13)5)25(7,8)27(28,11)26(22,9)10/h12H2,1-11H3. The van der Waals surface area contributed by atoms with Gasteiger partial charge in [-0.15, -0.1) is 0 Å². The zero-order chi connectivity index (χ0) is 20.7. The van der Waals surface area contributed by atoms with Crippen LogP contribution >= 0.6 is 0 Å². The summed E-state index contributed by atoms with van der Waals surface area (Å²) in [5.74, 6) is 0. The second-order valence-electron chi connectivity index (χ2n) is 11.0. The molecule has 0 unspecified atom stereocenters. The molecule has 0 fully saturated rings. The maximum atomic E-state index is 2.81. The second-order valence-corrected chi connectivity index (χ2v) is 11.0. The van der Waals surface area contributed by atoms with Gasteiger partial charge < -0.3 is 4.90 Å². The summed E-state index contributed by atoms with van der Waals surface area (Å²) in [7, 11) is 0. The van der Waals surface area contributed by atoms with E-state index in [0.717, 1.165) is 6.42 Å². The van der Waals surface area contributed by atoms with Crippen LogP contribution in [0, 0.1) is 41.5 Å². The highest BCUT2D eigenvalue weighted by molar-refractivity contribution is 5.93. The Morgan fingerprint density at radius 1 is 0.536 bits per heavy atom. The Hall–Kier alpha value is -1.76. The number of benzene rings is 2. The molecule has 2 aromatic carbocycles. The van der Waals surface area contributed by atoms with Crippen LogP contribution < -0.4 is 4.90 Å². The number of hydrogen-bond donors (Lipinski definition) is 0. The normalized spacial score (nSPS) is 21.3. The van der Waals surface area contributed by atoms with Gasteiger partial charge in [-0.25, -0.2) is 0 Å². The average Bonchev–Trinajstić information content (AvgIpc) is 2.93. The zero-order valence-electron chi connectivity index (χ0n) is 19.7. The topological polar surface area (TPSA) is 3.24 Å². The van der Waals surface area contributed by atoms with Crippen molar-refractivity contribution in [1.82, 2.24) is 0 Å². The van der Waals surface area contributed by atoms with Crippen LogP contribution in [0.2, 0.25) is 0 Å². The summed E-state index contributed by atoms with van der Waals surface area (Å²) in [6.45, 7) is 26.7. The van der Waals surface area contributed by atoms with Gasteiger partial charge in [0.2, 0.25) is 0 Å². The fourth-order valence-electron chi connectivity index (χ4n) is 7.42. The van der Waals surface area contributed by atoms with Crippen LogP contribution in [0.25, 0.3) is 0 Å². The fourth-order valence-corrected chi connectivity index (χ4v) is 7.42. The lowest BCUT2D eigenvalue weighted by molar-refractivity contribution is 0.202. The Morgan fingerprint density at radius 2 is 0.893 bits per heavy atom. The van der Waals surface area contributed by atoms with E-state index in [1.165, 1.54) is 33.4 Å². The van der Waals surface area contributed by atoms with Crippen molar-refractivity contribution in [2.45, 2.75) is 99.0 Å². The van der Waals surface area contributed by atoms with Crippen LogP contribution in [-0.4, -0.2) is 5.54 Å². The van der Waals surface area contributed by atoms with Gasteiger partial charge in [-0.1, -0.05) is 27.7 Å². The number of anilines is 2. The van der Waals surface area contributed by atoms with E-state index >= 15 is 0 Å². The van der Waals surface area contributed by atoms with E-state index < -0.39 is 0 Å². The molecule has 0 saturated carbocycles. The van der Waals surface area contributed by atoms with E-state index in [2.05, 4.69) is 81.1 Å². The van der Waals surface area contributed by atoms with Gasteiger partial charge >= 0.3 is 0 Å². The minimum Gasteiger partial charge on any atom is -0.333 e. The van der Waals surface area contributed by atoms with E-state index in [1.807, 2.05) is 0 Å². The van der Waals surface area contributed by atoms with Crippen LogP contribution in [-0.2, 0) is 17.3 Å². The van der Waals surface area contributed by atoms with Crippen LogP contribution in [0.3, 0.4) is 0 Å². The monoisotopic (exact) mass is 373 g/mol. The van der Waals surface area contributed by atoms with Crippen molar-refractivity contribution in [2.75, 3.05) is 4.90 Å². The molecule has 5 rings (SSSR count). The van der Waals surface area contributed by atoms with Crippen molar-refractivity contribution >= 4 is 11.4 Å². The molecule has 1 heteroatoms. The Bertz CT molecular complexity index is 1030. The van der Waals surface area contributed by atoms with Gasteiger partial charge in [0.05, 0.1) is 5.54 Å². The van der Waals surface area contributed by atoms with Crippen LogP contribution in [0.15, 0.2) is 0 Å². The Labute approximate surface area is 171 Å². The predicted octanol–water partition coefficient (Wildman–Crippen LogP) is 6.92. The van der Waals surface area contributed by atoms with E-state index in [4.69, 9.17) is 0 Å². The highest BCUT2D eigenvalue weighted by atomic mass is 15.3. The second kappa shape index (κ2) is 4.69. The molecule has 0 spiro atoms. The Kier molecular flexibility index (Phi) is 3.06. The lowest BCUT2D eigenvalue weighted by Gasteiger charge is -2.50. The lowest BCUT2D eigenvalue weighted by atomic mass is 9.57. The predicted molar refractivity (Wildman–Crippen MR) is 121 cm³/mol. The quantitative estimate of drug-likeness (QED) is 0.484. The SMILES string of the molecule is Cc1c(C)c2c3c(c1C)C(C)(C)C1(C)N3c3c(c(C)c(C)c(C)c3C1(C)C)C2. The number of nitrogens with zero attached hydrogens (tertiary/aromatic N) is 1. The van der Waals surface area contributed by atoms with Gasteiger partial charge in [-0.05, 0) is 104 Å². The first kappa shape index (κ1) is 18.3. The van der Waals surface area contributed by atoms with Crippen LogP contribution in [0.1, 0.15) is 90.3 Å². The maximum Gasteiger partial charge on any atom is 0.0607 e. The first-order valence-corrected chi connectivity index (χ1v) is 10.9. The van der Waals surface area contributed by atoms with E-state index in [9.17, 15) is 0 Å². The first-order valence-electron chi connectivity index (χ1n) is 10.9. The third kappa shape index (κ3) is 1.47. The highest BCUT2D eigenvalue weighted by Gasteiger charge is 2.68. The molecule has 3 aliphatic rings. The molecular weight excluding hydrogens is 338 g/mol. The van der Waals surface area contributed by atoms with Crippen LogP contribution in [0.4, 0.5) is 11.4 Å². The molecule has 0 radical (unpaired) electrons. The third-order valence-corrected chi connectivity index (χ3v) is 9.88. The molecule has 148 valence electrons. The molecule has 3 heterocycles. The Morgan fingerprint density at radius 3 is 1.25 bits per heavy atom. The van der Waals surface area contributed by atoms with Gasteiger partial charge in [-0.3, -0.25) is 0 Å². The molecule has 3 aliphatic heterocycles. The molecule has 28 heavy (non-hydrogen) atoms. The summed E-state index contributed by atoms with van der Waals surface area (Å²) in [6, 6.07) is 0. The van der Waals surface area contributed by atoms with Crippen molar-refractivity contribution in [3.63, 3.8) is 0 Å². The highest BCUT2D eigenvalue weighted by Crippen LogP contribution is 2.71. The van der Waals surface area contributed by atoms with Gasteiger partial charge in [0, 0.05) is 28.6 Å². The summed E-state index contributed by atoms with van der Waals surface area (Å²) in [4.78, 5) is 2.81. The van der Waals surface area contributed by atoms with Gasteiger partial charge in [0.1, 0.15) is 0 Å². The largest absolute Gasteiger partial charge is 0.333 e. The summed E-state index contributed by atoms with van der Waals surface area (Å²) >= 11 is 0. The summed E-state index contributed by atoms with van der Waals surface area (Å²) in [6.07, 6.45) is 1.09. The van der Waals surface area contributed by atoms with Gasteiger partial charge in [0.15, 0.2) is 0 Å². The lowest BCUT2D eigenvalue weighted by Crippen LogP contribution is -2.59. The van der Waals surface area contributed by atoms with Crippen molar-refractivity contribution in [1.29, 1.82) is 0 Å². The summed E-state index contributed by atoms with van der Waals surface area (Å²) < 4.78 is 0. The van der Waals surface area contributed by atoms with E-state index in [1.54, 1.807) is 33.6 Å². The first-order chi connectivity index (χ1) is 12.8. The van der Waals surface area contributed by atoms with Crippen molar-refractivity contribution in [2.24, 2.45) is 0 Å². The fraction of sp³-hybridized carbons (Fsp3) is 0.556. The molecule has 0 aliphatic carbocycles. The molecule has 0 atom stereocenters. The van der Waals surface area contributed by atoms with Crippen LogP contribution in [0.5, 0.6) is 0 Å². The zero-order valence-corrected chi connectivity index (χ0v) is 19.7. The molecule has 0 N–H and O–H groups in total.